The zero-order chi connectivity index (χ0) is 6.62. The minimum Gasteiger partial charge on any atom is -0.341 e. The summed E-state index contributed by atoms with van der Waals surface area (Å²) in [4.78, 5) is 0. The Labute approximate surface area is 51.5 Å². The van der Waals surface area contributed by atoms with E-state index in [0.717, 1.165) is 6.42 Å². The van der Waals surface area contributed by atoms with Crippen molar-refractivity contribution in [1.82, 2.24) is 5.32 Å². The normalized spacial score (nSPS) is 10.2. The molecule has 0 radical (unpaired) electrons. The fraction of sp³-hybridized carbons (Fsp3) is 0.714. The first-order chi connectivity index (χ1) is 3.62. The molecule has 0 bridgehead atoms. The maximum Gasteiger partial charge on any atom is 0.0391 e. The summed E-state index contributed by atoms with van der Waals surface area (Å²) in [5.41, 5.74) is 0.106. The van der Waals surface area contributed by atoms with E-state index in [9.17, 15) is 0 Å². The number of terminal acetylenes is 1. The lowest BCUT2D eigenvalue weighted by Gasteiger charge is -2.20. The summed E-state index contributed by atoms with van der Waals surface area (Å²) in [7, 11) is 0. The predicted octanol–water partition coefficient (Wildman–Crippen LogP) is 1.36. The Morgan fingerprint density at radius 2 is 2.12 bits per heavy atom. The van der Waals surface area contributed by atoms with E-state index in [-0.39, 0.29) is 5.54 Å². The highest BCUT2D eigenvalue weighted by atomic mass is 14.9. The van der Waals surface area contributed by atoms with Crippen molar-refractivity contribution in [2.24, 2.45) is 0 Å². The van der Waals surface area contributed by atoms with Crippen LogP contribution in [0.4, 0.5) is 0 Å². The van der Waals surface area contributed by atoms with Crippen molar-refractivity contribution >= 4 is 0 Å². The minimum absolute atomic E-state index is 0.106. The van der Waals surface area contributed by atoms with Gasteiger partial charge in [-0.2, -0.15) is 0 Å². The highest BCUT2D eigenvalue weighted by molar-refractivity contribution is 4.89. The third kappa shape index (κ3) is 2.52. The number of nitrogens with one attached hydrogen (secondary N) is 1. The molecule has 0 aromatic rings. The predicted molar refractivity (Wildman–Crippen MR) is 36.3 cm³/mol. The summed E-state index contributed by atoms with van der Waals surface area (Å²) in [5.74, 6) is 0. The first-order valence-corrected chi connectivity index (χ1v) is 2.85. The van der Waals surface area contributed by atoms with Gasteiger partial charge in [-0.25, -0.2) is 0 Å². The summed E-state index contributed by atoms with van der Waals surface area (Å²) in [6.07, 6.45) is 6.08. The number of rotatable bonds is 2. The van der Waals surface area contributed by atoms with Gasteiger partial charge < -0.3 is 5.32 Å². The van der Waals surface area contributed by atoms with Crippen LogP contribution in [0.3, 0.4) is 0 Å². The van der Waals surface area contributed by atoms with Gasteiger partial charge in [0.15, 0.2) is 0 Å². The van der Waals surface area contributed by atoms with E-state index in [1.807, 2.05) is 0 Å². The Hall–Kier alpha value is -0.640. The van der Waals surface area contributed by atoms with Crippen LogP contribution in [0.5, 0.6) is 0 Å². The molecule has 0 saturated carbocycles. The van der Waals surface area contributed by atoms with Crippen LogP contribution in [0.2, 0.25) is 0 Å². The average molecular weight is 111 g/mol. The van der Waals surface area contributed by atoms with Gasteiger partial charge in [0, 0.05) is 11.6 Å². The second kappa shape index (κ2) is 2.61. The van der Waals surface area contributed by atoms with Gasteiger partial charge in [0.25, 0.3) is 0 Å². The third-order valence-corrected chi connectivity index (χ3v) is 1.29. The molecule has 8 heavy (non-hydrogen) atoms. The molecule has 0 spiro atoms. The number of hydrogen-bond acceptors (Lipinski definition) is 1. The standard InChI is InChI=1S/C7H13N/c1-5-7(3,4)8-6-2/h2,8H,5H2,1,3-4H3. The van der Waals surface area contributed by atoms with Crippen LogP contribution < -0.4 is 5.32 Å². The molecule has 0 aromatic heterocycles. The molecule has 46 valence electrons. The van der Waals surface area contributed by atoms with Gasteiger partial charge in [0.1, 0.15) is 0 Å². The van der Waals surface area contributed by atoms with Gasteiger partial charge in [-0.15, -0.1) is 0 Å². The SMILES string of the molecule is C#CNC(C)(C)CC. The van der Waals surface area contributed by atoms with E-state index in [4.69, 9.17) is 6.42 Å². The van der Waals surface area contributed by atoms with E-state index in [0.29, 0.717) is 0 Å². The van der Waals surface area contributed by atoms with Crippen molar-refractivity contribution in [3.05, 3.63) is 0 Å². The van der Waals surface area contributed by atoms with Crippen molar-refractivity contribution in [3.63, 3.8) is 0 Å². The van der Waals surface area contributed by atoms with E-state index >= 15 is 0 Å². The van der Waals surface area contributed by atoms with Crippen LogP contribution >= 0.6 is 0 Å². The van der Waals surface area contributed by atoms with Crippen LogP contribution in [0.25, 0.3) is 0 Å². The fourth-order valence-corrected chi connectivity index (χ4v) is 0.284. The van der Waals surface area contributed by atoms with Crippen LogP contribution in [-0.2, 0) is 0 Å². The summed E-state index contributed by atoms with van der Waals surface area (Å²) >= 11 is 0. The van der Waals surface area contributed by atoms with Gasteiger partial charge >= 0.3 is 0 Å². The van der Waals surface area contributed by atoms with Crippen LogP contribution in [0.1, 0.15) is 27.2 Å². The zero-order valence-corrected chi connectivity index (χ0v) is 5.78. The van der Waals surface area contributed by atoms with Gasteiger partial charge in [-0.3, -0.25) is 0 Å². The molecule has 0 saturated heterocycles. The Balaban J connectivity index is 3.58. The van der Waals surface area contributed by atoms with E-state index in [2.05, 4.69) is 32.1 Å². The fourth-order valence-electron chi connectivity index (χ4n) is 0.284. The molecule has 0 amide bonds. The monoisotopic (exact) mass is 111 g/mol. The summed E-state index contributed by atoms with van der Waals surface area (Å²) < 4.78 is 0. The maximum absolute atomic E-state index is 5.03. The first kappa shape index (κ1) is 7.36. The molecule has 1 heteroatoms. The second-order valence-corrected chi connectivity index (χ2v) is 2.51. The summed E-state index contributed by atoms with van der Waals surface area (Å²) in [6, 6.07) is 2.41. The third-order valence-electron chi connectivity index (χ3n) is 1.29. The van der Waals surface area contributed by atoms with Gasteiger partial charge in [0.05, 0.1) is 0 Å². The first-order valence-electron chi connectivity index (χ1n) is 2.85. The lowest BCUT2D eigenvalue weighted by molar-refractivity contribution is 0.438. The van der Waals surface area contributed by atoms with Crippen molar-refractivity contribution < 1.29 is 0 Å². The summed E-state index contributed by atoms with van der Waals surface area (Å²) in [6.45, 7) is 6.25. The molecule has 0 heterocycles. The molecule has 0 atom stereocenters. The molecular formula is C7H13N. The number of hydrogen-bond donors (Lipinski definition) is 1. The molecule has 1 nitrogen and oxygen atoms in total. The van der Waals surface area contributed by atoms with Crippen molar-refractivity contribution in [2.75, 3.05) is 0 Å². The highest BCUT2D eigenvalue weighted by Crippen LogP contribution is 2.04. The molecule has 0 fully saturated rings. The summed E-state index contributed by atoms with van der Waals surface area (Å²) in [5, 5.41) is 2.90. The van der Waals surface area contributed by atoms with Crippen molar-refractivity contribution in [3.8, 4) is 12.5 Å². The Morgan fingerprint density at radius 3 is 2.25 bits per heavy atom. The maximum atomic E-state index is 5.03. The minimum atomic E-state index is 0.106. The van der Waals surface area contributed by atoms with Crippen molar-refractivity contribution in [1.29, 1.82) is 0 Å². The van der Waals surface area contributed by atoms with Gasteiger partial charge in [-0.05, 0) is 20.3 Å². The topological polar surface area (TPSA) is 12.0 Å². The molecule has 0 aromatic carbocycles. The molecular weight excluding hydrogens is 98.1 g/mol. The molecule has 0 aliphatic rings. The lowest BCUT2D eigenvalue weighted by Crippen LogP contribution is -2.34. The van der Waals surface area contributed by atoms with Crippen molar-refractivity contribution in [2.45, 2.75) is 32.7 Å². The highest BCUT2D eigenvalue weighted by Gasteiger charge is 2.10. The lowest BCUT2D eigenvalue weighted by atomic mass is 10.0. The molecule has 0 unspecified atom stereocenters. The Bertz CT molecular complexity index is 97.4. The smallest absolute Gasteiger partial charge is 0.0391 e. The quantitative estimate of drug-likeness (QED) is 0.419. The molecule has 0 aliphatic carbocycles. The van der Waals surface area contributed by atoms with Gasteiger partial charge in [0.2, 0.25) is 0 Å². The average Bonchev–Trinajstić information content (AvgIpc) is 1.67. The van der Waals surface area contributed by atoms with Crippen LogP contribution in [0, 0.1) is 12.5 Å². The molecule has 0 aliphatic heterocycles. The second-order valence-electron chi connectivity index (χ2n) is 2.51. The molecule has 1 N–H and O–H groups in total. The molecule has 0 rings (SSSR count). The van der Waals surface area contributed by atoms with E-state index in [1.54, 1.807) is 0 Å². The van der Waals surface area contributed by atoms with E-state index in [1.165, 1.54) is 0 Å². The Kier molecular flexibility index (Phi) is 2.41. The Morgan fingerprint density at radius 1 is 1.62 bits per heavy atom. The van der Waals surface area contributed by atoms with Crippen LogP contribution in [0.15, 0.2) is 0 Å². The van der Waals surface area contributed by atoms with E-state index < -0.39 is 0 Å². The van der Waals surface area contributed by atoms with Gasteiger partial charge in [-0.1, -0.05) is 13.3 Å². The zero-order valence-electron chi connectivity index (χ0n) is 5.78. The van der Waals surface area contributed by atoms with Crippen LogP contribution in [-0.4, -0.2) is 5.54 Å². The largest absolute Gasteiger partial charge is 0.341 e.